The first-order valence-corrected chi connectivity index (χ1v) is 5.71. The van der Waals surface area contributed by atoms with E-state index in [1.54, 1.807) is 24.0 Å². The van der Waals surface area contributed by atoms with Gasteiger partial charge in [0.05, 0.1) is 10.9 Å². The van der Waals surface area contributed by atoms with Gasteiger partial charge in [-0.2, -0.15) is 0 Å². The van der Waals surface area contributed by atoms with Gasteiger partial charge in [-0.15, -0.1) is 11.6 Å². The molecule has 4 nitrogen and oxygen atoms in total. The molecule has 1 fully saturated rings. The standard InChI is InChI=1S/C12H12ClNO3/c1-7-4-8(12(16)17)2-3-10(7)14-6-9(13)5-11(14)15/h2-4,9H,5-6H2,1H3,(H,16,17). The summed E-state index contributed by atoms with van der Waals surface area (Å²) < 4.78 is 0. The number of amides is 1. The monoisotopic (exact) mass is 253 g/mol. The molecular formula is C12H12ClNO3. The van der Waals surface area contributed by atoms with Crippen LogP contribution in [0.5, 0.6) is 0 Å². The first-order valence-electron chi connectivity index (χ1n) is 5.27. The molecule has 0 aliphatic carbocycles. The summed E-state index contributed by atoms with van der Waals surface area (Å²) in [6.07, 6.45) is 0.335. The van der Waals surface area contributed by atoms with E-state index < -0.39 is 5.97 Å². The SMILES string of the molecule is Cc1cc(C(=O)O)ccc1N1CC(Cl)CC1=O. The summed E-state index contributed by atoms with van der Waals surface area (Å²) in [7, 11) is 0. The van der Waals surface area contributed by atoms with Crippen LogP contribution in [0.4, 0.5) is 5.69 Å². The van der Waals surface area contributed by atoms with Crippen LogP contribution in [0.2, 0.25) is 0 Å². The lowest BCUT2D eigenvalue weighted by Crippen LogP contribution is -2.25. The largest absolute Gasteiger partial charge is 0.478 e. The van der Waals surface area contributed by atoms with Gasteiger partial charge >= 0.3 is 5.97 Å². The minimum absolute atomic E-state index is 0.0174. The van der Waals surface area contributed by atoms with Crippen molar-refractivity contribution in [3.63, 3.8) is 0 Å². The van der Waals surface area contributed by atoms with Gasteiger partial charge in [-0.25, -0.2) is 4.79 Å². The maximum atomic E-state index is 11.7. The number of carbonyl (C=O) groups excluding carboxylic acids is 1. The second-order valence-corrected chi connectivity index (χ2v) is 4.73. The Morgan fingerprint density at radius 3 is 2.71 bits per heavy atom. The van der Waals surface area contributed by atoms with Crippen LogP contribution in [-0.4, -0.2) is 28.9 Å². The number of aryl methyl sites for hydroxylation is 1. The van der Waals surface area contributed by atoms with E-state index >= 15 is 0 Å². The van der Waals surface area contributed by atoms with Crippen molar-refractivity contribution in [3.8, 4) is 0 Å². The van der Waals surface area contributed by atoms with Crippen molar-refractivity contribution in [2.24, 2.45) is 0 Å². The molecule has 0 bridgehead atoms. The van der Waals surface area contributed by atoms with Crippen molar-refractivity contribution in [1.82, 2.24) is 0 Å². The van der Waals surface area contributed by atoms with Gasteiger partial charge in [-0.05, 0) is 30.7 Å². The Bertz CT molecular complexity index is 487. The number of carboxylic acid groups (broad SMARTS) is 1. The van der Waals surface area contributed by atoms with Gasteiger partial charge in [0.1, 0.15) is 0 Å². The average Bonchev–Trinajstić information content (AvgIpc) is 2.57. The lowest BCUT2D eigenvalue weighted by Gasteiger charge is -2.18. The number of hydrogen-bond acceptors (Lipinski definition) is 2. The first-order chi connectivity index (χ1) is 7.99. The van der Waals surface area contributed by atoms with Crippen molar-refractivity contribution >= 4 is 29.2 Å². The number of aromatic carboxylic acids is 1. The number of rotatable bonds is 2. The van der Waals surface area contributed by atoms with E-state index in [1.165, 1.54) is 6.07 Å². The number of carboxylic acids is 1. The zero-order valence-electron chi connectivity index (χ0n) is 9.31. The molecule has 1 aliphatic heterocycles. The van der Waals surface area contributed by atoms with E-state index in [-0.39, 0.29) is 16.8 Å². The lowest BCUT2D eigenvalue weighted by atomic mass is 10.1. The van der Waals surface area contributed by atoms with Gasteiger partial charge in [-0.1, -0.05) is 0 Å². The second-order valence-electron chi connectivity index (χ2n) is 4.11. The molecule has 1 aliphatic rings. The number of benzene rings is 1. The summed E-state index contributed by atoms with van der Waals surface area (Å²) in [6, 6.07) is 4.72. The van der Waals surface area contributed by atoms with Crippen LogP contribution in [-0.2, 0) is 4.79 Å². The predicted octanol–water partition coefficient (Wildman–Crippen LogP) is 2.04. The van der Waals surface area contributed by atoms with Crippen LogP contribution in [0.3, 0.4) is 0 Å². The predicted molar refractivity (Wildman–Crippen MR) is 64.7 cm³/mol. The molecule has 1 amide bonds. The van der Waals surface area contributed by atoms with Crippen LogP contribution in [0, 0.1) is 6.92 Å². The van der Waals surface area contributed by atoms with Gasteiger partial charge in [0.2, 0.25) is 5.91 Å². The van der Waals surface area contributed by atoms with Gasteiger partial charge in [0.15, 0.2) is 0 Å². The molecule has 1 heterocycles. The molecule has 1 unspecified atom stereocenters. The highest BCUT2D eigenvalue weighted by Crippen LogP contribution is 2.27. The van der Waals surface area contributed by atoms with Gasteiger partial charge in [0, 0.05) is 18.7 Å². The summed E-state index contributed by atoms with van der Waals surface area (Å²) in [5, 5.41) is 8.69. The smallest absolute Gasteiger partial charge is 0.335 e. The summed E-state index contributed by atoms with van der Waals surface area (Å²) in [6.45, 7) is 2.27. The Hall–Kier alpha value is -1.55. The highest BCUT2D eigenvalue weighted by Gasteiger charge is 2.29. The molecule has 1 saturated heterocycles. The molecule has 1 N–H and O–H groups in total. The summed E-state index contributed by atoms with van der Waals surface area (Å²) in [5.74, 6) is -0.987. The fraction of sp³-hybridized carbons (Fsp3) is 0.333. The van der Waals surface area contributed by atoms with E-state index in [9.17, 15) is 9.59 Å². The number of anilines is 1. The molecule has 90 valence electrons. The topological polar surface area (TPSA) is 57.6 Å². The minimum Gasteiger partial charge on any atom is -0.478 e. The van der Waals surface area contributed by atoms with Crippen molar-refractivity contribution < 1.29 is 14.7 Å². The normalized spacial score (nSPS) is 19.8. The van der Waals surface area contributed by atoms with E-state index in [2.05, 4.69) is 0 Å². The quantitative estimate of drug-likeness (QED) is 0.821. The molecule has 1 aromatic rings. The Kier molecular flexibility index (Phi) is 3.07. The number of halogens is 1. The average molecular weight is 254 g/mol. The minimum atomic E-state index is -0.970. The third kappa shape index (κ3) is 2.26. The molecule has 1 aromatic carbocycles. The molecule has 1 atom stereocenters. The molecule has 2 rings (SSSR count). The van der Waals surface area contributed by atoms with Crippen molar-refractivity contribution in [2.75, 3.05) is 11.4 Å². The molecule has 0 spiro atoms. The van der Waals surface area contributed by atoms with E-state index in [4.69, 9.17) is 16.7 Å². The van der Waals surface area contributed by atoms with Crippen molar-refractivity contribution in [1.29, 1.82) is 0 Å². The number of hydrogen-bond donors (Lipinski definition) is 1. The van der Waals surface area contributed by atoms with Crippen LogP contribution >= 0.6 is 11.6 Å². The van der Waals surface area contributed by atoms with Crippen LogP contribution in [0.25, 0.3) is 0 Å². The maximum absolute atomic E-state index is 11.7. The number of alkyl halides is 1. The first kappa shape index (κ1) is 11.9. The Morgan fingerprint density at radius 1 is 1.53 bits per heavy atom. The fourth-order valence-corrected chi connectivity index (χ4v) is 2.26. The highest BCUT2D eigenvalue weighted by atomic mass is 35.5. The van der Waals surface area contributed by atoms with E-state index in [0.29, 0.717) is 13.0 Å². The zero-order chi connectivity index (χ0) is 12.6. The summed E-state index contributed by atoms with van der Waals surface area (Å²) in [5.41, 5.74) is 1.73. The highest BCUT2D eigenvalue weighted by molar-refractivity contribution is 6.24. The van der Waals surface area contributed by atoms with Crippen LogP contribution < -0.4 is 4.90 Å². The fourth-order valence-electron chi connectivity index (χ4n) is 1.99. The molecule has 0 aromatic heterocycles. The lowest BCUT2D eigenvalue weighted by molar-refractivity contribution is -0.117. The van der Waals surface area contributed by atoms with Crippen molar-refractivity contribution in [3.05, 3.63) is 29.3 Å². The second kappa shape index (κ2) is 4.37. The molecule has 0 saturated carbocycles. The van der Waals surface area contributed by atoms with Gasteiger partial charge in [0.25, 0.3) is 0 Å². The Labute approximate surface area is 104 Å². The summed E-state index contributed by atoms with van der Waals surface area (Å²) in [4.78, 5) is 24.1. The Morgan fingerprint density at radius 2 is 2.24 bits per heavy atom. The number of nitrogens with zero attached hydrogens (tertiary/aromatic N) is 1. The molecule has 0 radical (unpaired) electrons. The Balaban J connectivity index is 2.34. The molecule has 5 heteroatoms. The van der Waals surface area contributed by atoms with Gasteiger partial charge in [-0.3, -0.25) is 4.79 Å². The van der Waals surface area contributed by atoms with Crippen molar-refractivity contribution in [2.45, 2.75) is 18.7 Å². The third-order valence-electron chi connectivity index (χ3n) is 2.81. The summed E-state index contributed by atoms with van der Waals surface area (Å²) >= 11 is 5.93. The van der Waals surface area contributed by atoms with E-state index in [0.717, 1.165) is 11.3 Å². The van der Waals surface area contributed by atoms with Crippen LogP contribution in [0.1, 0.15) is 22.3 Å². The maximum Gasteiger partial charge on any atom is 0.335 e. The third-order valence-corrected chi connectivity index (χ3v) is 3.10. The molecular weight excluding hydrogens is 242 g/mol. The van der Waals surface area contributed by atoms with E-state index in [1.807, 2.05) is 0 Å². The number of carbonyl (C=O) groups is 2. The van der Waals surface area contributed by atoms with Gasteiger partial charge < -0.3 is 10.0 Å². The zero-order valence-corrected chi connectivity index (χ0v) is 10.1. The van der Waals surface area contributed by atoms with Crippen LogP contribution in [0.15, 0.2) is 18.2 Å². The molecule has 17 heavy (non-hydrogen) atoms.